The molecule has 3 aliphatic rings. The lowest BCUT2D eigenvalue weighted by atomic mass is 9.67. The van der Waals surface area contributed by atoms with Gasteiger partial charge in [-0.3, -0.25) is 13.8 Å². The Morgan fingerprint density at radius 2 is 2.25 bits per heavy atom. The molecule has 1 aromatic rings. The van der Waals surface area contributed by atoms with E-state index < -0.39 is 22.9 Å². The molecule has 2 heterocycles. The highest BCUT2D eigenvalue weighted by molar-refractivity contribution is 7.99. The zero-order valence-corrected chi connectivity index (χ0v) is 17.0. The third kappa shape index (κ3) is 3.62. The maximum atomic E-state index is 15.2. The van der Waals surface area contributed by atoms with E-state index in [4.69, 9.17) is 0 Å². The van der Waals surface area contributed by atoms with E-state index in [1.54, 1.807) is 0 Å². The van der Waals surface area contributed by atoms with Crippen LogP contribution < -0.4 is 14.3 Å². The summed E-state index contributed by atoms with van der Waals surface area (Å²) in [6.07, 6.45) is 4.64. The van der Waals surface area contributed by atoms with Gasteiger partial charge in [0.1, 0.15) is 18.0 Å². The van der Waals surface area contributed by atoms with Crippen molar-refractivity contribution in [2.24, 2.45) is 5.41 Å². The van der Waals surface area contributed by atoms with Crippen molar-refractivity contribution in [3.8, 4) is 5.75 Å². The van der Waals surface area contributed by atoms with Crippen LogP contribution in [0.15, 0.2) is 11.0 Å². The minimum atomic E-state index is -1.89. The molecule has 154 valence electrons. The van der Waals surface area contributed by atoms with E-state index in [1.807, 2.05) is 0 Å². The molecule has 2 aliphatic heterocycles. The summed E-state index contributed by atoms with van der Waals surface area (Å²) in [6.45, 7) is 0.726. The average molecular weight is 430 g/mol. The Hall–Kier alpha value is -1.36. The molecule has 4 N–H and O–H groups in total. The van der Waals surface area contributed by atoms with Gasteiger partial charge in [0.05, 0.1) is 0 Å². The molecule has 7 nitrogen and oxygen atoms in total. The summed E-state index contributed by atoms with van der Waals surface area (Å²) in [4.78, 5) is 12.1. The van der Waals surface area contributed by atoms with Crippen LogP contribution in [-0.4, -0.2) is 51.8 Å². The van der Waals surface area contributed by atoms with Crippen LogP contribution in [0.5, 0.6) is 5.75 Å². The molecular formula is C18H24FN3O4S2. The van der Waals surface area contributed by atoms with Crippen LogP contribution in [0.25, 0.3) is 0 Å². The lowest BCUT2D eigenvalue weighted by Gasteiger charge is -2.41. The van der Waals surface area contributed by atoms with Crippen LogP contribution in [-0.2, 0) is 22.4 Å². The first-order chi connectivity index (χ1) is 13.4. The van der Waals surface area contributed by atoms with Gasteiger partial charge in [-0.2, -0.15) is 0 Å². The number of aliphatic hydroxyl groups excluding tert-OH is 1. The van der Waals surface area contributed by atoms with Gasteiger partial charge in [0.25, 0.3) is 5.91 Å². The monoisotopic (exact) mass is 429 g/mol. The Balaban J connectivity index is 1.47. The SMILES string of the molecule is O=C1CN(c2c(O)cc3c(c2F)CC(NCCC2(CO)CCC2)CS3)S(=O)N1. The van der Waals surface area contributed by atoms with Gasteiger partial charge >= 0.3 is 0 Å². The molecular weight excluding hydrogens is 405 g/mol. The number of phenolic OH excluding ortho intramolecular Hbond substituents is 1. The molecule has 4 rings (SSSR count). The Labute approximate surface area is 169 Å². The summed E-state index contributed by atoms with van der Waals surface area (Å²) in [5.41, 5.74) is 0.333. The molecule has 0 aromatic heterocycles. The molecule has 1 saturated carbocycles. The predicted octanol–water partition coefficient (Wildman–Crippen LogP) is 1.21. The Morgan fingerprint density at radius 3 is 2.86 bits per heavy atom. The molecule has 0 spiro atoms. The normalized spacial score (nSPS) is 25.9. The summed E-state index contributed by atoms with van der Waals surface area (Å²) in [5, 5.41) is 23.3. The third-order valence-corrected chi connectivity index (χ3v) is 8.31. The molecule has 2 unspecified atom stereocenters. The summed E-state index contributed by atoms with van der Waals surface area (Å²) >= 11 is -0.422. The maximum Gasteiger partial charge on any atom is 0.253 e. The van der Waals surface area contributed by atoms with Crippen LogP contribution in [0.3, 0.4) is 0 Å². The van der Waals surface area contributed by atoms with Crippen LogP contribution in [0.2, 0.25) is 0 Å². The Kier molecular flexibility index (Phi) is 5.56. The number of amides is 1. The number of anilines is 1. The number of nitrogens with zero attached hydrogens (tertiary/aromatic N) is 1. The number of benzene rings is 1. The molecule has 2 atom stereocenters. The first kappa shape index (κ1) is 19.9. The van der Waals surface area contributed by atoms with E-state index in [-0.39, 0.29) is 36.0 Å². The number of aliphatic hydroxyl groups is 1. The van der Waals surface area contributed by atoms with Crippen LogP contribution >= 0.6 is 11.8 Å². The molecule has 0 bridgehead atoms. The van der Waals surface area contributed by atoms with E-state index in [1.165, 1.54) is 24.2 Å². The predicted molar refractivity (Wildman–Crippen MR) is 106 cm³/mol. The highest BCUT2D eigenvalue weighted by Crippen LogP contribution is 2.44. The van der Waals surface area contributed by atoms with Crippen molar-refractivity contribution >= 4 is 34.5 Å². The molecule has 10 heteroatoms. The van der Waals surface area contributed by atoms with Gasteiger partial charge in [0.15, 0.2) is 5.82 Å². The van der Waals surface area contributed by atoms with E-state index in [9.17, 15) is 19.2 Å². The number of carbonyl (C=O) groups excluding carboxylic acids is 1. The number of fused-ring (bicyclic) bond motifs is 1. The van der Waals surface area contributed by atoms with Crippen LogP contribution in [0.1, 0.15) is 31.2 Å². The minimum Gasteiger partial charge on any atom is -0.506 e. The van der Waals surface area contributed by atoms with Crippen molar-refractivity contribution in [3.05, 3.63) is 17.4 Å². The molecule has 1 amide bonds. The first-order valence-corrected chi connectivity index (χ1v) is 11.5. The van der Waals surface area contributed by atoms with E-state index in [0.29, 0.717) is 16.9 Å². The fraction of sp³-hybridized carbons (Fsp3) is 0.611. The van der Waals surface area contributed by atoms with E-state index >= 15 is 4.39 Å². The number of halogens is 1. The lowest BCUT2D eigenvalue weighted by molar-refractivity contribution is -0.117. The number of aromatic hydroxyl groups is 1. The van der Waals surface area contributed by atoms with Crippen LogP contribution in [0.4, 0.5) is 10.1 Å². The fourth-order valence-electron chi connectivity index (χ4n) is 4.07. The topological polar surface area (TPSA) is 102 Å². The van der Waals surface area contributed by atoms with Crippen molar-refractivity contribution < 1.29 is 23.6 Å². The number of hydrogen-bond donors (Lipinski definition) is 4. The van der Waals surface area contributed by atoms with Crippen molar-refractivity contribution in [3.63, 3.8) is 0 Å². The summed E-state index contributed by atoms with van der Waals surface area (Å²) in [7, 11) is 0. The van der Waals surface area contributed by atoms with Gasteiger partial charge in [-0.25, -0.2) is 8.60 Å². The van der Waals surface area contributed by atoms with Crippen molar-refractivity contribution in [2.75, 3.05) is 29.8 Å². The van der Waals surface area contributed by atoms with Gasteiger partial charge in [-0.1, -0.05) is 6.42 Å². The average Bonchev–Trinajstić information content (AvgIpc) is 2.96. The number of nitrogens with one attached hydrogen (secondary N) is 2. The first-order valence-electron chi connectivity index (χ1n) is 9.43. The Bertz CT molecular complexity index is 813. The largest absolute Gasteiger partial charge is 0.506 e. The van der Waals surface area contributed by atoms with Crippen LogP contribution in [0, 0.1) is 11.2 Å². The molecule has 1 aliphatic carbocycles. The zero-order valence-electron chi connectivity index (χ0n) is 15.4. The van der Waals surface area contributed by atoms with Gasteiger partial charge in [-0.05, 0) is 43.7 Å². The summed E-state index contributed by atoms with van der Waals surface area (Å²) < 4.78 is 30.5. The van der Waals surface area contributed by atoms with Gasteiger partial charge in [-0.15, -0.1) is 11.8 Å². The number of carbonyl (C=O) groups is 1. The van der Waals surface area contributed by atoms with Crippen molar-refractivity contribution in [1.82, 2.24) is 10.0 Å². The highest BCUT2D eigenvalue weighted by Gasteiger charge is 2.37. The molecule has 1 aromatic carbocycles. The number of hydrogen-bond acceptors (Lipinski definition) is 6. The maximum absolute atomic E-state index is 15.2. The fourth-order valence-corrected chi connectivity index (χ4v) is 6.17. The Morgan fingerprint density at radius 1 is 1.46 bits per heavy atom. The van der Waals surface area contributed by atoms with Crippen molar-refractivity contribution in [2.45, 2.75) is 43.0 Å². The van der Waals surface area contributed by atoms with Crippen molar-refractivity contribution in [1.29, 1.82) is 0 Å². The number of rotatable bonds is 6. The molecule has 0 radical (unpaired) electrons. The summed E-state index contributed by atoms with van der Waals surface area (Å²) in [6, 6.07) is 1.56. The number of phenols is 1. The highest BCUT2D eigenvalue weighted by atomic mass is 32.2. The van der Waals surface area contributed by atoms with Gasteiger partial charge in [0, 0.05) is 28.9 Å². The smallest absolute Gasteiger partial charge is 0.253 e. The molecule has 28 heavy (non-hydrogen) atoms. The second-order valence-corrected chi connectivity index (χ2v) is 9.98. The summed E-state index contributed by atoms with van der Waals surface area (Å²) in [5.74, 6) is -0.648. The third-order valence-electron chi connectivity index (χ3n) is 5.95. The van der Waals surface area contributed by atoms with Gasteiger partial charge in [0.2, 0.25) is 11.2 Å². The van der Waals surface area contributed by atoms with E-state index in [0.717, 1.165) is 35.9 Å². The number of thioether (sulfide) groups is 1. The molecule has 1 saturated heterocycles. The lowest BCUT2D eigenvalue weighted by Crippen LogP contribution is -2.41. The van der Waals surface area contributed by atoms with E-state index in [2.05, 4.69) is 10.0 Å². The van der Waals surface area contributed by atoms with Gasteiger partial charge < -0.3 is 15.5 Å². The zero-order chi connectivity index (χ0) is 19.9. The standard InChI is InChI=1S/C18H24FN3O4S2/c19-16-12-6-11(20-5-4-18(10-23)2-1-3-18)9-27-14(12)7-13(24)17(16)22-8-15(25)21-28(22)26/h7,11,20,23-24H,1-6,8-10H2,(H,21,25). The molecule has 2 fully saturated rings. The quantitative estimate of drug-likeness (QED) is 0.542. The second kappa shape index (κ2) is 7.81. The minimum absolute atomic E-state index is 0.0519. The second-order valence-electron chi connectivity index (χ2n) is 7.77.